The summed E-state index contributed by atoms with van der Waals surface area (Å²) < 4.78 is 15.9. The van der Waals surface area contributed by atoms with Crippen LogP contribution >= 0.6 is 0 Å². The Morgan fingerprint density at radius 2 is 1.96 bits per heavy atom. The third-order valence-electron chi connectivity index (χ3n) is 4.67. The molecule has 0 bridgehead atoms. The van der Waals surface area contributed by atoms with Crippen LogP contribution in [0.3, 0.4) is 0 Å². The highest BCUT2D eigenvalue weighted by molar-refractivity contribution is 6.01. The van der Waals surface area contributed by atoms with Crippen molar-refractivity contribution in [2.24, 2.45) is 0 Å². The molecule has 3 rings (SSSR count). The van der Waals surface area contributed by atoms with Crippen LogP contribution in [0, 0.1) is 0 Å². The average molecular weight is 360 g/mol. The van der Waals surface area contributed by atoms with Gasteiger partial charge in [0.05, 0.1) is 14.2 Å². The second kappa shape index (κ2) is 7.78. The van der Waals surface area contributed by atoms with E-state index in [2.05, 4.69) is 10.5 Å². The number of benzene rings is 1. The van der Waals surface area contributed by atoms with Crippen LogP contribution < -0.4 is 14.8 Å². The molecule has 0 saturated heterocycles. The number of aliphatic hydroxyl groups is 1. The van der Waals surface area contributed by atoms with Crippen molar-refractivity contribution in [3.8, 4) is 22.8 Å². The molecule has 1 aromatic carbocycles. The fourth-order valence-corrected chi connectivity index (χ4v) is 3.32. The van der Waals surface area contributed by atoms with E-state index in [1.807, 2.05) is 0 Å². The number of rotatable bonds is 6. The van der Waals surface area contributed by atoms with Crippen LogP contribution in [0.25, 0.3) is 11.3 Å². The monoisotopic (exact) mass is 360 g/mol. The zero-order valence-electron chi connectivity index (χ0n) is 15.2. The van der Waals surface area contributed by atoms with E-state index < -0.39 is 6.10 Å². The molecule has 0 spiro atoms. The lowest BCUT2D eigenvalue weighted by Gasteiger charge is -2.13. The zero-order valence-corrected chi connectivity index (χ0v) is 15.2. The van der Waals surface area contributed by atoms with Gasteiger partial charge in [0, 0.05) is 11.6 Å². The molecule has 1 aliphatic rings. The molecule has 140 valence electrons. The van der Waals surface area contributed by atoms with Crippen molar-refractivity contribution >= 4 is 5.91 Å². The largest absolute Gasteiger partial charge is 0.493 e. The van der Waals surface area contributed by atoms with Gasteiger partial charge in [-0.05, 0) is 38.0 Å². The molecule has 1 atom stereocenters. The molecule has 7 heteroatoms. The summed E-state index contributed by atoms with van der Waals surface area (Å²) >= 11 is 0. The number of ether oxygens (including phenoxy) is 2. The van der Waals surface area contributed by atoms with Gasteiger partial charge in [-0.1, -0.05) is 18.0 Å². The highest BCUT2D eigenvalue weighted by atomic mass is 16.5. The van der Waals surface area contributed by atoms with Crippen molar-refractivity contribution in [3.05, 3.63) is 29.5 Å². The highest BCUT2D eigenvalue weighted by Gasteiger charge is 2.29. The lowest BCUT2D eigenvalue weighted by Crippen LogP contribution is -2.33. The number of carbonyl (C=O) groups excluding carboxylic acids is 1. The van der Waals surface area contributed by atoms with E-state index in [-0.39, 0.29) is 23.3 Å². The van der Waals surface area contributed by atoms with Crippen LogP contribution in [0.1, 0.15) is 54.8 Å². The Hall–Kier alpha value is -2.54. The van der Waals surface area contributed by atoms with Crippen LogP contribution in [0.15, 0.2) is 22.7 Å². The van der Waals surface area contributed by atoms with Crippen molar-refractivity contribution in [2.75, 3.05) is 14.2 Å². The van der Waals surface area contributed by atoms with Gasteiger partial charge in [-0.3, -0.25) is 4.79 Å². The number of nitrogens with one attached hydrogen (secondary N) is 1. The summed E-state index contributed by atoms with van der Waals surface area (Å²) in [6.07, 6.45) is 3.21. The number of nitrogens with zero attached hydrogens (tertiary/aromatic N) is 1. The maximum Gasteiger partial charge on any atom is 0.257 e. The van der Waals surface area contributed by atoms with Gasteiger partial charge in [-0.15, -0.1) is 0 Å². The van der Waals surface area contributed by atoms with Crippen molar-refractivity contribution < 1.29 is 23.9 Å². The van der Waals surface area contributed by atoms with Gasteiger partial charge >= 0.3 is 0 Å². The van der Waals surface area contributed by atoms with Gasteiger partial charge in [-0.2, -0.15) is 0 Å². The quantitative estimate of drug-likeness (QED) is 0.822. The summed E-state index contributed by atoms with van der Waals surface area (Å²) in [5, 5.41) is 17.1. The summed E-state index contributed by atoms with van der Waals surface area (Å²) in [4.78, 5) is 12.9. The number of methoxy groups -OCH3 is 2. The third kappa shape index (κ3) is 3.53. The summed E-state index contributed by atoms with van der Waals surface area (Å²) in [6.45, 7) is 1.55. The molecule has 0 radical (unpaired) electrons. The molecule has 0 unspecified atom stereocenters. The fourth-order valence-electron chi connectivity index (χ4n) is 3.32. The first kappa shape index (κ1) is 18.3. The third-order valence-corrected chi connectivity index (χ3v) is 4.67. The second-order valence-electron chi connectivity index (χ2n) is 6.47. The number of aromatic nitrogens is 1. The van der Waals surface area contributed by atoms with Crippen LogP contribution in [-0.4, -0.2) is 36.4 Å². The number of hydrogen-bond donors (Lipinski definition) is 2. The van der Waals surface area contributed by atoms with Gasteiger partial charge in [0.1, 0.15) is 17.4 Å². The van der Waals surface area contributed by atoms with E-state index in [0.717, 1.165) is 25.7 Å². The van der Waals surface area contributed by atoms with Crippen LogP contribution in [-0.2, 0) is 0 Å². The van der Waals surface area contributed by atoms with E-state index in [0.29, 0.717) is 22.8 Å². The first-order valence-corrected chi connectivity index (χ1v) is 8.76. The second-order valence-corrected chi connectivity index (χ2v) is 6.47. The molecule has 1 heterocycles. The van der Waals surface area contributed by atoms with Crippen LogP contribution in [0.2, 0.25) is 0 Å². The molecule has 7 nitrogen and oxygen atoms in total. The summed E-state index contributed by atoms with van der Waals surface area (Å²) in [6, 6.07) is 5.40. The Bertz CT molecular complexity index is 778. The van der Waals surface area contributed by atoms with E-state index in [9.17, 15) is 9.90 Å². The Morgan fingerprint density at radius 1 is 1.27 bits per heavy atom. The molecular formula is C19H24N2O5. The van der Waals surface area contributed by atoms with Gasteiger partial charge in [0.15, 0.2) is 17.3 Å². The number of amides is 1. The van der Waals surface area contributed by atoms with Crippen molar-refractivity contribution in [1.82, 2.24) is 10.5 Å². The lowest BCUT2D eigenvalue weighted by molar-refractivity contribution is 0.0925. The maximum absolute atomic E-state index is 12.9. The lowest BCUT2D eigenvalue weighted by atomic mass is 10.0. The zero-order chi connectivity index (χ0) is 18.7. The van der Waals surface area contributed by atoms with E-state index in [4.69, 9.17) is 14.0 Å². The molecule has 1 fully saturated rings. The van der Waals surface area contributed by atoms with Crippen LogP contribution in [0.5, 0.6) is 11.5 Å². The molecule has 1 amide bonds. The predicted molar refractivity (Wildman–Crippen MR) is 95.4 cm³/mol. The van der Waals surface area contributed by atoms with Crippen molar-refractivity contribution in [3.63, 3.8) is 0 Å². The maximum atomic E-state index is 12.9. The molecule has 26 heavy (non-hydrogen) atoms. The molecule has 2 N–H and O–H groups in total. The Balaban J connectivity index is 2.00. The molecule has 2 aromatic rings. The van der Waals surface area contributed by atoms with E-state index in [1.54, 1.807) is 39.3 Å². The van der Waals surface area contributed by atoms with Crippen molar-refractivity contribution in [2.45, 2.75) is 44.8 Å². The van der Waals surface area contributed by atoms with Gasteiger partial charge < -0.3 is 24.4 Å². The Kier molecular flexibility index (Phi) is 5.46. The highest BCUT2D eigenvalue weighted by Crippen LogP contribution is 2.35. The van der Waals surface area contributed by atoms with Gasteiger partial charge in [0.2, 0.25) is 0 Å². The molecular weight excluding hydrogens is 336 g/mol. The smallest absolute Gasteiger partial charge is 0.257 e. The topological polar surface area (TPSA) is 93.8 Å². The summed E-state index contributed by atoms with van der Waals surface area (Å²) in [5.74, 6) is 0.977. The van der Waals surface area contributed by atoms with Gasteiger partial charge in [0.25, 0.3) is 5.91 Å². The number of carbonyl (C=O) groups is 1. The summed E-state index contributed by atoms with van der Waals surface area (Å²) in [7, 11) is 3.10. The number of hydrogen-bond acceptors (Lipinski definition) is 6. The van der Waals surface area contributed by atoms with E-state index in [1.165, 1.54) is 0 Å². The molecule has 1 aromatic heterocycles. The van der Waals surface area contributed by atoms with Crippen LogP contribution in [0.4, 0.5) is 0 Å². The Labute approximate surface area is 152 Å². The minimum absolute atomic E-state index is 0.150. The van der Waals surface area contributed by atoms with Crippen molar-refractivity contribution in [1.29, 1.82) is 0 Å². The van der Waals surface area contributed by atoms with E-state index >= 15 is 0 Å². The normalized spacial score (nSPS) is 15.7. The minimum Gasteiger partial charge on any atom is -0.493 e. The Morgan fingerprint density at radius 3 is 2.58 bits per heavy atom. The molecule has 1 saturated carbocycles. The first-order valence-electron chi connectivity index (χ1n) is 8.76. The SMILES string of the molecule is COc1ccc(-c2noc([C@H](C)O)c2C(=O)NC2CCCC2)cc1OC. The molecule has 1 aliphatic carbocycles. The standard InChI is InChI=1S/C19H24N2O5/c1-11(22)18-16(19(23)20-13-6-4-5-7-13)17(21-26-18)12-8-9-14(24-2)15(10-12)25-3/h8-11,13,22H,4-7H2,1-3H3,(H,20,23)/t11-/m0/s1. The van der Waals surface area contributed by atoms with Gasteiger partial charge in [-0.25, -0.2) is 0 Å². The predicted octanol–water partition coefficient (Wildman–Crippen LogP) is 3.08. The average Bonchev–Trinajstić information content (AvgIpc) is 3.30. The fraction of sp³-hybridized carbons (Fsp3) is 0.474. The molecule has 0 aliphatic heterocycles. The number of aliphatic hydroxyl groups excluding tert-OH is 1. The minimum atomic E-state index is -0.944. The first-order chi connectivity index (χ1) is 12.5. The summed E-state index contributed by atoms with van der Waals surface area (Å²) in [5.41, 5.74) is 1.28.